The third-order valence-corrected chi connectivity index (χ3v) is 3.56. The molecule has 21 heavy (non-hydrogen) atoms. The number of carboxylic acid groups (broad SMARTS) is 1. The van der Waals surface area contributed by atoms with Crippen molar-refractivity contribution in [1.82, 2.24) is 4.98 Å². The molecule has 3 rings (SSSR count). The minimum atomic E-state index is -0.962. The summed E-state index contributed by atoms with van der Waals surface area (Å²) < 4.78 is 5.81. The Morgan fingerprint density at radius 1 is 1.24 bits per heavy atom. The van der Waals surface area contributed by atoms with E-state index in [-0.39, 0.29) is 11.5 Å². The van der Waals surface area contributed by atoms with Crippen LogP contribution in [0.15, 0.2) is 52.9 Å². The Hall–Kier alpha value is -2.62. The maximum atomic E-state index is 11.0. The Morgan fingerprint density at radius 2 is 2.00 bits per heavy atom. The molecule has 1 heterocycles. The third-order valence-electron chi connectivity index (χ3n) is 3.56. The van der Waals surface area contributed by atoms with Crippen LogP contribution in [0.25, 0.3) is 11.1 Å². The van der Waals surface area contributed by atoms with E-state index in [4.69, 9.17) is 9.52 Å². The van der Waals surface area contributed by atoms with Crippen LogP contribution in [0.3, 0.4) is 0 Å². The average molecular weight is 281 g/mol. The predicted molar refractivity (Wildman–Crippen MR) is 79.5 cm³/mol. The van der Waals surface area contributed by atoms with Crippen LogP contribution in [-0.4, -0.2) is 16.1 Å². The first-order chi connectivity index (χ1) is 10.2. The van der Waals surface area contributed by atoms with Crippen molar-refractivity contribution in [1.29, 1.82) is 0 Å². The molecule has 1 aromatic heterocycles. The van der Waals surface area contributed by atoms with Gasteiger partial charge < -0.3 is 9.52 Å². The summed E-state index contributed by atoms with van der Waals surface area (Å²) >= 11 is 0. The number of rotatable bonds is 4. The van der Waals surface area contributed by atoms with Gasteiger partial charge in [-0.25, -0.2) is 9.78 Å². The second-order valence-corrected chi connectivity index (χ2v) is 4.91. The van der Waals surface area contributed by atoms with Crippen molar-refractivity contribution in [3.63, 3.8) is 0 Å². The number of hydrogen-bond acceptors (Lipinski definition) is 3. The van der Waals surface area contributed by atoms with Gasteiger partial charge in [-0.2, -0.15) is 0 Å². The molecule has 4 heteroatoms. The molecular formula is C17H15NO3. The van der Waals surface area contributed by atoms with Crippen LogP contribution in [0, 0.1) is 0 Å². The molecule has 0 fully saturated rings. The van der Waals surface area contributed by atoms with Gasteiger partial charge in [0.2, 0.25) is 5.89 Å². The van der Waals surface area contributed by atoms with E-state index in [2.05, 4.69) is 11.9 Å². The summed E-state index contributed by atoms with van der Waals surface area (Å²) in [5, 5.41) is 9.03. The number of carbonyl (C=O) groups is 1. The Labute approximate surface area is 122 Å². The average Bonchev–Trinajstić information content (AvgIpc) is 2.91. The molecule has 0 spiro atoms. The zero-order valence-electron chi connectivity index (χ0n) is 11.6. The minimum absolute atomic E-state index is 0.0758. The van der Waals surface area contributed by atoms with E-state index in [1.54, 1.807) is 12.1 Å². The fraction of sp³-hybridized carbons (Fsp3) is 0.176. The molecule has 0 saturated carbocycles. The number of carboxylic acids is 1. The molecule has 1 atom stereocenters. The van der Waals surface area contributed by atoms with E-state index in [0.29, 0.717) is 17.0 Å². The Morgan fingerprint density at radius 3 is 2.67 bits per heavy atom. The first kappa shape index (κ1) is 13.4. The summed E-state index contributed by atoms with van der Waals surface area (Å²) in [4.78, 5) is 15.5. The number of hydrogen-bond donors (Lipinski definition) is 1. The highest BCUT2D eigenvalue weighted by atomic mass is 16.4. The fourth-order valence-corrected chi connectivity index (χ4v) is 2.47. The number of oxazole rings is 1. The molecule has 0 aliphatic carbocycles. The van der Waals surface area contributed by atoms with E-state index in [1.165, 1.54) is 6.07 Å². The first-order valence-electron chi connectivity index (χ1n) is 6.87. The number of aromatic nitrogens is 1. The highest BCUT2D eigenvalue weighted by Gasteiger charge is 2.19. The van der Waals surface area contributed by atoms with Gasteiger partial charge in [0.1, 0.15) is 5.52 Å². The molecule has 0 aliphatic rings. The lowest BCUT2D eigenvalue weighted by Gasteiger charge is -2.10. The molecule has 106 valence electrons. The Kier molecular flexibility index (Phi) is 3.44. The van der Waals surface area contributed by atoms with Gasteiger partial charge >= 0.3 is 5.97 Å². The van der Waals surface area contributed by atoms with E-state index in [0.717, 1.165) is 12.0 Å². The highest BCUT2D eigenvalue weighted by molar-refractivity contribution is 5.91. The molecule has 1 unspecified atom stereocenters. The number of nitrogens with zero attached hydrogens (tertiary/aromatic N) is 1. The van der Waals surface area contributed by atoms with Crippen molar-refractivity contribution >= 4 is 17.1 Å². The lowest BCUT2D eigenvalue weighted by atomic mass is 9.97. The molecule has 2 aromatic carbocycles. The summed E-state index contributed by atoms with van der Waals surface area (Å²) in [6.45, 7) is 2.08. The third kappa shape index (κ3) is 2.52. The van der Waals surface area contributed by atoms with E-state index >= 15 is 0 Å². The quantitative estimate of drug-likeness (QED) is 0.783. The molecule has 0 bridgehead atoms. The molecule has 4 nitrogen and oxygen atoms in total. The molecular weight excluding hydrogens is 266 g/mol. The van der Waals surface area contributed by atoms with Crippen LogP contribution in [0.5, 0.6) is 0 Å². The van der Waals surface area contributed by atoms with Crippen molar-refractivity contribution in [3.8, 4) is 0 Å². The first-order valence-corrected chi connectivity index (χ1v) is 6.87. The predicted octanol–water partition coefficient (Wildman–Crippen LogP) is 4.07. The monoisotopic (exact) mass is 281 g/mol. The van der Waals surface area contributed by atoms with Crippen LogP contribution >= 0.6 is 0 Å². The standard InChI is InChI=1S/C17H15NO3/c1-2-13(11-6-4-3-5-7-11)16-18-14-10-12(17(19)20)8-9-15(14)21-16/h3-10,13H,2H2,1H3,(H,19,20). The summed E-state index contributed by atoms with van der Waals surface area (Å²) in [5.41, 5.74) is 2.56. The van der Waals surface area contributed by atoms with Crippen LogP contribution in [0.1, 0.15) is 41.1 Å². The zero-order chi connectivity index (χ0) is 14.8. The highest BCUT2D eigenvalue weighted by Crippen LogP contribution is 2.30. The van der Waals surface area contributed by atoms with Crippen LogP contribution in [0.2, 0.25) is 0 Å². The fourth-order valence-electron chi connectivity index (χ4n) is 2.47. The SMILES string of the molecule is CCC(c1ccccc1)c1nc2cc(C(=O)O)ccc2o1. The summed E-state index contributed by atoms with van der Waals surface area (Å²) in [6.07, 6.45) is 0.864. The van der Waals surface area contributed by atoms with Crippen molar-refractivity contribution in [2.24, 2.45) is 0 Å². The van der Waals surface area contributed by atoms with Gasteiger partial charge in [0.05, 0.1) is 11.5 Å². The molecule has 0 saturated heterocycles. The summed E-state index contributed by atoms with van der Waals surface area (Å²) in [5.74, 6) is -0.260. The zero-order valence-corrected chi connectivity index (χ0v) is 11.6. The minimum Gasteiger partial charge on any atom is -0.478 e. The van der Waals surface area contributed by atoms with Gasteiger partial charge in [0, 0.05) is 0 Å². The Balaban J connectivity index is 2.05. The normalized spacial score (nSPS) is 12.4. The maximum Gasteiger partial charge on any atom is 0.335 e. The van der Waals surface area contributed by atoms with Gasteiger partial charge in [-0.3, -0.25) is 0 Å². The van der Waals surface area contributed by atoms with E-state index < -0.39 is 5.97 Å². The maximum absolute atomic E-state index is 11.0. The molecule has 0 aliphatic heterocycles. The molecule has 3 aromatic rings. The van der Waals surface area contributed by atoms with Crippen molar-refractivity contribution in [3.05, 3.63) is 65.5 Å². The van der Waals surface area contributed by atoms with Gasteiger partial charge in [-0.05, 0) is 30.2 Å². The topological polar surface area (TPSA) is 63.3 Å². The lowest BCUT2D eigenvalue weighted by Crippen LogP contribution is -1.99. The second-order valence-electron chi connectivity index (χ2n) is 4.91. The van der Waals surface area contributed by atoms with Gasteiger partial charge in [0.15, 0.2) is 5.58 Å². The summed E-state index contributed by atoms with van der Waals surface area (Å²) in [6, 6.07) is 14.8. The summed E-state index contributed by atoms with van der Waals surface area (Å²) in [7, 11) is 0. The van der Waals surface area contributed by atoms with Crippen LogP contribution in [-0.2, 0) is 0 Å². The van der Waals surface area contributed by atoms with Crippen molar-refractivity contribution in [2.75, 3.05) is 0 Å². The molecule has 0 amide bonds. The number of fused-ring (bicyclic) bond motifs is 1. The number of aromatic carboxylic acids is 1. The smallest absolute Gasteiger partial charge is 0.335 e. The van der Waals surface area contributed by atoms with E-state index in [9.17, 15) is 4.79 Å². The van der Waals surface area contributed by atoms with Gasteiger partial charge in [-0.15, -0.1) is 0 Å². The molecule has 1 N–H and O–H groups in total. The lowest BCUT2D eigenvalue weighted by molar-refractivity contribution is 0.0697. The Bertz CT molecular complexity index is 777. The largest absolute Gasteiger partial charge is 0.478 e. The molecule has 0 radical (unpaired) electrons. The van der Waals surface area contributed by atoms with E-state index in [1.807, 2.05) is 30.3 Å². The van der Waals surface area contributed by atoms with Gasteiger partial charge in [0.25, 0.3) is 0 Å². The van der Waals surface area contributed by atoms with Crippen LogP contribution in [0.4, 0.5) is 0 Å². The second kappa shape index (κ2) is 5.40. The van der Waals surface area contributed by atoms with Crippen molar-refractivity contribution < 1.29 is 14.3 Å². The van der Waals surface area contributed by atoms with Crippen molar-refractivity contribution in [2.45, 2.75) is 19.3 Å². The van der Waals surface area contributed by atoms with Crippen LogP contribution < -0.4 is 0 Å². The number of benzene rings is 2. The van der Waals surface area contributed by atoms with Gasteiger partial charge in [-0.1, -0.05) is 37.3 Å².